The summed E-state index contributed by atoms with van der Waals surface area (Å²) in [4.78, 5) is 0. The van der Waals surface area contributed by atoms with Gasteiger partial charge in [0.1, 0.15) is 18.0 Å². The Balaban J connectivity index is 0.00000162. The molecule has 0 aromatic heterocycles. The van der Waals surface area contributed by atoms with Gasteiger partial charge in [0.2, 0.25) is 0 Å². The van der Waals surface area contributed by atoms with Gasteiger partial charge in [0, 0.05) is 0 Å². The molecule has 1 aliphatic rings. The molecule has 1 aromatic carbocycles. The van der Waals surface area contributed by atoms with E-state index in [0.29, 0.717) is 6.61 Å². The van der Waals surface area contributed by atoms with Crippen molar-refractivity contribution in [1.29, 1.82) is 0 Å². The first-order valence-electron chi connectivity index (χ1n) is 6.22. The van der Waals surface area contributed by atoms with Gasteiger partial charge in [-0.15, -0.1) is 12.4 Å². The maximum Gasteiger partial charge on any atom is 0.119 e. The smallest absolute Gasteiger partial charge is 0.119 e. The Kier molecular flexibility index (Phi) is 5.45. The van der Waals surface area contributed by atoms with E-state index >= 15 is 0 Å². The van der Waals surface area contributed by atoms with Gasteiger partial charge in [0.05, 0.1) is 0 Å². The molecule has 0 spiro atoms. The van der Waals surface area contributed by atoms with Gasteiger partial charge in [-0.05, 0) is 63.0 Å². The van der Waals surface area contributed by atoms with Crippen LogP contribution in [-0.4, -0.2) is 30.4 Å². The van der Waals surface area contributed by atoms with Crippen LogP contribution in [0.5, 0.6) is 5.75 Å². The minimum absolute atomic E-state index is 0. The van der Waals surface area contributed by atoms with Crippen LogP contribution in [0.25, 0.3) is 0 Å². The first-order chi connectivity index (χ1) is 8.09. The van der Waals surface area contributed by atoms with Crippen LogP contribution in [-0.2, 0) is 0 Å². The minimum Gasteiger partial charge on any atom is -0.491 e. The number of nitrogens with one attached hydrogen (secondary N) is 1. The van der Waals surface area contributed by atoms with Crippen LogP contribution in [0.2, 0.25) is 0 Å². The number of halogens is 1. The van der Waals surface area contributed by atoms with Crippen molar-refractivity contribution < 1.29 is 9.84 Å². The third kappa shape index (κ3) is 3.87. The molecule has 2 N–H and O–H groups in total. The third-order valence-electron chi connectivity index (χ3n) is 3.52. The summed E-state index contributed by atoms with van der Waals surface area (Å²) in [5, 5.41) is 13.5. The highest BCUT2D eigenvalue weighted by atomic mass is 35.5. The lowest BCUT2D eigenvalue weighted by molar-refractivity contribution is -0.0286. The maximum absolute atomic E-state index is 10.3. The Morgan fingerprint density at radius 3 is 2.50 bits per heavy atom. The molecule has 3 nitrogen and oxygen atoms in total. The summed E-state index contributed by atoms with van der Waals surface area (Å²) < 4.78 is 5.71. The fourth-order valence-electron chi connectivity index (χ4n) is 2.06. The number of piperidine rings is 1. The zero-order chi connectivity index (χ0) is 12.3. The van der Waals surface area contributed by atoms with Crippen LogP contribution in [0.3, 0.4) is 0 Å². The highest BCUT2D eigenvalue weighted by Gasteiger charge is 2.29. The highest BCUT2D eigenvalue weighted by molar-refractivity contribution is 5.85. The standard InChI is InChI=1S/C14H21NO2.ClH/c1-11-3-4-13(9-12(11)2)17-10-14(16)5-7-15-8-6-14;/h3-4,9,15-16H,5-8,10H2,1-2H3;1H. The molecule has 0 amide bonds. The van der Waals surface area contributed by atoms with Crippen molar-refractivity contribution >= 4 is 12.4 Å². The molecule has 0 unspecified atom stereocenters. The van der Waals surface area contributed by atoms with Crippen LogP contribution in [0.15, 0.2) is 18.2 Å². The number of aliphatic hydroxyl groups is 1. The number of benzene rings is 1. The Labute approximate surface area is 115 Å². The van der Waals surface area contributed by atoms with E-state index in [-0.39, 0.29) is 12.4 Å². The molecule has 102 valence electrons. The summed E-state index contributed by atoms with van der Waals surface area (Å²) in [7, 11) is 0. The quantitative estimate of drug-likeness (QED) is 0.886. The molecule has 0 saturated carbocycles. The van der Waals surface area contributed by atoms with Crippen molar-refractivity contribution in [2.24, 2.45) is 0 Å². The second-order valence-electron chi connectivity index (χ2n) is 5.01. The van der Waals surface area contributed by atoms with Crippen molar-refractivity contribution in [1.82, 2.24) is 5.32 Å². The van der Waals surface area contributed by atoms with E-state index in [0.717, 1.165) is 31.7 Å². The molecule has 4 heteroatoms. The average Bonchev–Trinajstić information content (AvgIpc) is 2.32. The number of ether oxygens (including phenoxy) is 1. The lowest BCUT2D eigenvalue weighted by Crippen LogP contribution is -2.45. The predicted molar refractivity (Wildman–Crippen MR) is 75.7 cm³/mol. The lowest BCUT2D eigenvalue weighted by atomic mass is 9.93. The maximum atomic E-state index is 10.3. The topological polar surface area (TPSA) is 41.5 Å². The second-order valence-corrected chi connectivity index (χ2v) is 5.01. The van der Waals surface area contributed by atoms with E-state index in [1.54, 1.807) is 0 Å². The summed E-state index contributed by atoms with van der Waals surface area (Å²) in [5.41, 5.74) is 1.82. The van der Waals surface area contributed by atoms with Gasteiger partial charge in [-0.3, -0.25) is 0 Å². The van der Waals surface area contributed by atoms with E-state index in [4.69, 9.17) is 4.74 Å². The van der Waals surface area contributed by atoms with Crippen LogP contribution >= 0.6 is 12.4 Å². The average molecular weight is 272 g/mol. The van der Waals surface area contributed by atoms with Gasteiger partial charge >= 0.3 is 0 Å². The van der Waals surface area contributed by atoms with E-state index in [1.807, 2.05) is 12.1 Å². The molecule has 1 aliphatic heterocycles. The molecule has 0 aliphatic carbocycles. The second kappa shape index (κ2) is 6.41. The summed E-state index contributed by atoms with van der Waals surface area (Å²) >= 11 is 0. The summed E-state index contributed by atoms with van der Waals surface area (Å²) in [6, 6.07) is 6.05. The SMILES string of the molecule is Cc1ccc(OCC2(O)CCNCC2)cc1C.Cl. The molecule has 1 aromatic rings. The monoisotopic (exact) mass is 271 g/mol. The van der Waals surface area contributed by atoms with Gasteiger partial charge in [0.25, 0.3) is 0 Å². The van der Waals surface area contributed by atoms with Gasteiger partial charge in [0.15, 0.2) is 0 Å². The molecule has 0 atom stereocenters. The molecule has 2 rings (SSSR count). The molecule has 0 bridgehead atoms. The van der Waals surface area contributed by atoms with Crippen LogP contribution in [0.4, 0.5) is 0 Å². The van der Waals surface area contributed by atoms with Crippen molar-refractivity contribution in [2.45, 2.75) is 32.3 Å². The van der Waals surface area contributed by atoms with Gasteiger partial charge in [-0.2, -0.15) is 0 Å². The molecule has 1 heterocycles. The van der Waals surface area contributed by atoms with Crippen molar-refractivity contribution in [2.75, 3.05) is 19.7 Å². The predicted octanol–water partition coefficient (Wildman–Crippen LogP) is 2.22. The molecule has 1 fully saturated rings. The fourth-order valence-corrected chi connectivity index (χ4v) is 2.06. The Hall–Kier alpha value is -0.770. The van der Waals surface area contributed by atoms with Gasteiger partial charge < -0.3 is 15.2 Å². The number of hydrogen-bond acceptors (Lipinski definition) is 3. The van der Waals surface area contributed by atoms with E-state index in [1.165, 1.54) is 11.1 Å². The van der Waals surface area contributed by atoms with Crippen LogP contribution < -0.4 is 10.1 Å². The van der Waals surface area contributed by atoms with Gasteiger partial charge in [-0.25, -0.2) is 0 Å². The number of hydrogen-bond donors (Lipinski definition) is 2. The largest absolute Gasteiger partial charge is 0.491 e. The number of aryl methyl sites for hydroxylation is 2. The van der Waals surface area contributed by atoms with E-state index in [2.05, 4.69) is 25.2 Å². The minimum atomic E-state index is -0.663. The van der Waals surface area contributed by atoms with Crippen molar-refractivity contribution in [3.8, 4) is 5.75 Å². The Morgan fingerprint density at radius 1 is 1.22 bits per heavy atom. The Morgan fingerprint density at radius 2 is 1.89 bits per heavy atom. The van der Waals surface area contributed by atoms with Crippen LogP contribution in [0.1, 0.15) is 24.0 Å². The van der Waals surface area contributed by atoms with E-state index < -0.39 is 5.60 Å². The molecule has 0 radical (unpaired) electrons. The zero-order valence-electron chi connectivity index (χ0n) is 11.0. The summed E-state index contributed by atoms with van der Waals surface area (Å²) in [5.74, 6) is 0.847. The highest BCUT2D eigenvalue weighted by Crippen LogP contribution is 2.22. The van der Waals surface area contributed by atoms with E-state index in [9.17, 15) is 5.11 Å². The summed E-state index contributed by atoms with van der Waals surface area (Å²) in [6.45, 7) is 6.28. The first kappa shape index (κ1) is 15.3. The van der Waals surface area contributed by atoms with Crippen molar-refractivity contribution in [3.05, 3.63) is 29.3 Å². The molecular weight excluding hydrogens is 250 g/mol. The third-order valence-corrected chi connectivity index (χ3v) is 3.52. The zero-order valence-corrected chi connectivity index (χ0v) is 11.8. The fraction of sp³-hybridized carbons (Fsp3) is 0.571. The summed E-state index contributed by atoms with van der Waals surface area (Å²) in [6.07, 6.45) is 1.52. The van der Waals surface area contributed by atoms with Crippen molar-refractivity contribution in [3.63, 3.8) is 0 Å². The Bertz CT molecular complexity index is 389. The van der Waals surface area contributed by atoms with Gasteiger partial charge in [-0.1, -0.05) is 6.07 Å². The molecule has 1 saturated heterocycles. The molecule has 18 heavy (non-hydrogen) atoms. The lowest BCUT2D eigenvalue weighted by Gasteiger charge is -2.32. The number of rotatable bonds is 3. The van der Waals surface area contributed by atoms with Crippen LogP contribution in [0, 0.1) is 13.8 Å². The molecular formula is C14H22ClNO2. The first-order valence-corrected chi connectivity index (χ1v) is 6.22. The normalized spacial score (nSPS) is 17.9.